The van der Waals surface area contributed by atoms with Crippen LogP contribution in [-0.2, 0) is 6.54 Å². The molecule has 0 radical (unpaired) electrons. The highest BCUT2D eigenvalue weighted by Gasteiger charge is 2.14. The molecule has 0 aliphatic rings. The lowest BCUT2D eigenvalue weighted by Crippen LogP contribution is -2.27. The van der Waals surface area contributed by atoms with Crippen LogP contribution in [0, 0.1) is 0 Å². The molecule has 2 rings (SSSR count). The van der Waals surface area contributed by atoms with Crippen molar-refractivity contribution < 1.29 is 4.79 Å². The first-order chi connectivity index (χ1) is 9.08. The third-order valence-corrected chi connectivity index (χ3v) is 3.14. The zero-order chi connectivity index (χ0) is 13.8. The second-order valence-corrected chi connectivity index (χ2v) is 4.83. The molecule has 19 heavy (non-hydrogen) atoms. The van der Waals surface area contributed by atoms with Crippen molar-refractivity contribution >= 4 is 29.1 Å². The van der Waals surface area contributed by atoms with E-state index in [4.69, 9.17) is 23.2 Å². The summed E-state index contributed by atoms with van der Waals surface area (Å²) >= 11 is 11.9. The highest BCUT2D eigenvalue weighted by Crippen LogP contribution is 2.22. The van der Waals surface area contributed by atoms with E-state index in [-0.39, 0.29) is 5.91 Å². The summed E-state index contributed by atoms with van der Waals surface area (Å²) in [4.78, 5) is 21.4. The van der Waals surface area contributed by atoms with Gasteiger partial charge in [-0.05, 0) is 17.7 Å². The van der Waals surface area contributed by atoms with E-state index in [2.05, 4.69) is 9.97 Å². The number of rotatable bonds is 3. The fourth-order valence-electron chi connectivity index (χ4n) is 1.58. The molecule has 98 valence electrons. The van der Waals surface area contributed by atoms with Gasteiger partial charge in [0.25, 0.3) is 5.91 Å². The molecule has 0 aliphatic carbocycles. The Hall–Kier alpha value is -1.65. The van der Waals surface area contributed by atoms with Crippen LogP contribution in [0.2, 0.25) is 10.0 Å². The van der Waals surface area contributed by atoms with Gasteiger partial charge in [0.1, 0.15) is 5.69 Å². The maximum atomic E-state index is 12.1. The number of amides is 1. The zero-order valence-corrected chi connectivity index (χ0v) is 11.7. The van der Waals surface area contributed by atoms with E-state index >= 15 is 0 Å². The van der Waals surface area contributed by atoms with Crippen molar-refractivity contribution in [1.82, 2.24) is 14.9 Å². The number of hydrogen-bond acceptors (Lipinski definition) is 3. The van der Waals surface area contributed by atoms with E-state index < -0.39 is 0 Å². The monoisotopic (exact) mass is 295 g/mol. The molecule has 0 saturated heterocycles. The normalized spacial score (nSPS) is 10.3. The average Bonchev–Trinajstić information content (AvgIpc) is 2.42. The van der Waals surface area contributed by atoms with Gasteiger partial charge in [-0.25, -0.2) is 4.98 Å². The molecule has 0 bridgehead atoms. The first-order valence-electron chi connectivity index (χ1n) is 5.53. The third kappa shape index (κ3) is 3.43. The summed E-state index contributed by atoms with van der Waals surface area (Å²) in [5.74, 6) is -0.209. The largest absolute Gasteiger partial charge is 0.336 e. The highest BCUT2D eigenvalue weighted by atomic mass is 35.5. The molecule has 1 heterocycles. The van der Waals surface area contributed by atoms with E-state index in [0.29, 0.717) is 22.3 Å². The quantitative estimate of drug-likeness (QED) is 0.874. The summed E-state index contributed by atoms with van der Waals surface area (Å²) in [5.41, 5.74) is 1.13. The van der Waals surface area contributed by atoms with Gasteiger partial charge >= 0.3 is 0 Å². The standard InChI is InChI=1S/C13H11Cl2N3O/c1-18(13(19)12-7-16-4-5-17-12)8-9-2-3-10(14)6-11(9)15/h2-7H,8H2,1H3. The number of carbonyl (C=O) groups excluding carboxylic acids is 1. The number of benzene rings is 1. The van der Waals surface area contributed by atoms with Crippen molar-refractivity contribution in [1.29, 1.82) is 0 Å². The van der Waals surface area contributed by atoms with Gasteiger partial charge in [-0.1, -0.05) is 29.3 Å². The van der Waals surface area contributed by atoms with E-state index in [0.717, 1.165) is 5.56 Å². The summed E-state index contributed by atoms with van der Waals surface area (Å²) in [6.07, 6.45) is 4.44. The minimum absolute atomic E-state index is 0.209. The van der Waals surface area contributed by atoms with Gasteiger partial charge in [-0.2, -0.15) is 0 Å². The molecule has 0 spiro atoms. The number of halogens is 2. The first kappa shape index (κ1) is 13.8. The van der Waals surface area contributed by atoms with Crippen LogP contribution in [0.3, 0.4) is 0 Å². The van der Waals surface area contributed by atoms with Crippen LogP contribution in [0.5, 0.6) is 0 Å². The van der Waals surface area contributed by atoms with Crippen molar-refractivity contribution in [3.63, 3.8) is 0 Å². The molecule has 6 heteroatoms. The molecule has 1 amide bonds. The second-order valence-electron chi connectivity index (χ2n) is 3.99. The van der Waals surface area contributed by atoms with Crippen LogP contribution < -0.4 is 0 Å². The third-order valence-electron chi connectivity index (χ3n) is 2.55. The molecule has 0 fully saturated rings. The highest BCUT2D eigenvalue weighted by molar-refractivity contribution is 6.35. The summed E-state index contributed by atoms with van der Waals surface area (Å²) < 4.78 is 0. The Kier molecular flexibility index (Phi) is 4.35. The molecular formula is C13H11Cl2N3O. The minimum Gasteiger partial charge on any atom is -0.336 e. The van der Waals surface area contributed by atoms with Gasteiger partial charge in [-0.15, -0.1) is 0 Å². The maximum Gasteiger partial charge on any atom is 0.274 e. The van der Waals surface area contributed by atoms with Crippen molar-refractivity contribution in [3.8, 4) is 0 Å². The van der Waals surface area contributed by atoms with E-state index in [9.17, 15) is 4.79 Å². The lowest BCUT2D eigenvalue weighted by molar-refractivity contribution is 0.0779. The van der Waals surface area contributed by atoms with Crippen LogP contribution >= 0.6 is 23.2 Å². The fraction of sp³-hybridized carbons (Fsp3) is 0.154. The SMILES string of the molecule is CN(Cc1ccc(Cl)cc1Cl)C(=O)c1cnccn1. The van der Waals surface area contributed by atoms with Gasteiger partial charge in [-0.3, -0.25) is 9.78 Å². The van der Waals surface area contributed by atoms with Crippen LogP contribution in [0.25, 0.3) is 0 Å². The number of aromatic nitrogens is 2. The van der Waals surface area contributed by atoms with Crippen molar-refractivity contribution in [3.05, 3.63) is 58.1 Å². The van der Waals surface area contributed by atoms with Gasteiger partial charge < -0.3 is 4.90 Å². The van der Waals surface area contributed by atoms with Gasteiger partial charge in [0.05, 0.1) is 6.20 Å². The summed E-state index contributed by atoms with van der Waals surface area (Å²) in [6.45, 7) is 0.380. The Morgan fingerprint density at radius 2 is 2.11 bits per heavy atom. The molecule has 0 N–H and O–H groups in total. The molecule has 0 saturated carbocycles. The smallest absolute Gasteiger partial charge is 0.274 e. The predicted octanol–water partition coefficient (Wildman–Crippen LogP) is 3.06. The predicted molar refractivity (Wildman–Crippen MR) is 74.3 cm³/mol. The molecule has 1 aromatic heterocycles. The van der Waals surface area contributed by atoms with Crippen LogP contribution in [0.4, 0.5) is 0 Å². The molecule has 1 aromatic carbocycles. The van der Waals surface area contributed by atoms with E-state index in [1.807, 2.05) is 0 Å². The van der Waals surface area contributed by atoms with E-state index in [1.165, 1.54) is 23.5 Å². The summed E-state index contributed by atoms with van der Waals surface area (Å²) in [5, 5.41) is 1.10. The molecule has 4 nitrogen and oxygen atoms in total. The summed E-state index contributed by atoms with van der Waals surface area (Å²) in [6, 6.07) is 5.19. The van der Waals surface area contributed by atoms with Gasteiger partial charge in [0, 0.05) is 36.0 Å². The van der Waals surface area contributed by atoms with Gasteiger partial charge in [0.15, 0.2) is 0 Å². The first-order valence-corrected chi connectivity index (χ1v) is 6.29. The fourth-order valence-corrected chi connectivity index (χ4v) is 2.05. The van der Waals surface area contributed by atoms with Crippen molar-refractivity contribution in [2.75, 3.05) is 7.05 Å². The van der Waals surface area contributed by atoms with Crippen LogP contribution in [0.1, 0.15) is 16.1 Å². The van der Waals surface area contributed by atoms with Crippen molar-refractivity contribution in [2.24, 2.45) is 0 Å². The zero-order valence-electron chi connectivity index (χ0n) is 10.2. The van der Waals surface area contributed by atoms with Gasteiger partial charge in [0.2, 0.25) is 0 Å². The summed E-state index contributed by atoms with van der Waals surface area (Å²) in [7, 11) is 1.68. The lowest BCUT2D eigenvalue weighted by Gasteiger charge is -2.17. The van der Waals surface area contributed by atoms with Crippen LogP contribution in [0.15, 0.2) is 36.8 Å². The molecule has 0 aliphatic heterocycles. The van der Waals surface area contributed by atoms with Crippen LogP contribution in [-0.4, -0.2) is 27.8 Å². The van der Waals surface area contributed by atoms with E-state index in [1.54, 1.807) is 25.2 Å². The Balaban J connectivity index is 2.13. The maximum absolute atomic E-state index is 12.1. The number of hydrogen-bond donors (Lipinski definition) is 0. The Labute approximate surface area is 121 Å². The molecular weight excluding hydrogens is 285 g/mol. The number of nitrogens with zero attached hydrogens (tertiary/aromatic N) is 3. The van der Waals surface area contributed by atoms with Crippen molar-refractivity contribution in [2.45, 2.75) is 6.54 Å². The Bertz CT molecular complexity index is 590. The second kappa shape index (κ2) is 5.99. The molecule has 0 atom stereocenters. The lowest BCUT2D eigenvalue weighted by atomic mass is 10.2. The Morgan fingerprint density at radius 3 is 2.74 bits per heavy atom. The topological polar surface area (TPSA) is 46.1 Å². The number of carbonyl (C=O) groups is 1. The molecule has 2 aromatic rings. The average molecular weight is 296 g/mol. The Morgan fingerprint density at radius 1 is 1.32 bits per heavy atom. The minimum atomic E-state index is -0.209. The molecule has 0 unspecified atom stereocenters.